The summed E-state index contributed by atoms with van der Waals surface area (Å²) in [5.41, 5.74) is 21.5. The highest BCUT2D eigenvalue weighted by atomic mass is 15.1. The molecule has 0 saturated heterocycles. The molecule has 1 spiro atoms. The van der Waals surface area contributed by atoms with Crippen LogP contribution in [0.1, 0.15) is 47.2 Å². The molecule has 0 atom stereocenters. The minimum atomic E-state index is -0.403. The summed E-state index contributed by atoms with van der Waals surface area (Å²) in [4.78, 5) is 2.51. The molecular formula is C52H37N. The van der Waals surface area contributed by atoms with Crippen molar-refractivity contribution in [3.63, 3.8) is 0 Å². The Kier molecular flexibility index (Phi) is 6.29. The fraction of sp³-hybridized carbons (Fsp3) is 0.0769. The van der Waals surface area contributed by atoms with E-state index in [-0.39, 0.29) is 5.41 Å². The maximum Gasteiger partial charge on any atom is 0.0726 e. The molecule has 0 bridgehead atoms. The van der Waals surface area contributed by atoms with Gasteiger partial charge in [-0.15, -0.1) is 0 Å². The van der Waals surface area contributed by atoms with Crippen LogP contribution in [0.3, 0.4) is 0 Å². The van der Waals surface area contributed by atoms with Gasteiger partial charge in [0.15, 0.2) is 0 Å². The Balaban J connectivity index is 1.18. The standard InChI is InChI=1S/C52H37N/c1-51(2)43-21-10-6-17-38(43)41-32-31-37(33-48(41)51)53(36-29-27-35(28-30-36)34-15-4-3-5-16-34)49-26-14-25-47-50(49)42-20-9-13-24-46(42)52(47)44-22-11-7-18-39(44)40-19-8-12-23-45(40)52/h3-33H,1-2H3. The third-order valence-electron chi connectivity index (χ3n) is 12.3. The van der Waals surface area contributed by atoms with E-state index in [1.54, 1.807) is 0 Å². The summed E-state index contributed by atoms with van der Waals surface area (Å²) in [5, 5.41) is 0. The SMILES string of the molecule is CC1(C)c2ccccc2-c2ccc(N(c3ccc(-c4ccccc4)cc3)c3cccc4c3-c3ccccc3C43c4ccccc4-c4ccccc43)cc21. The topological polar surface area (TPSA) is 3.24 Å². The zero-order valence-electron chi connectivity index (χ0n) is 29.8. The summed E-state index contributed by atoms with van der Waals surface area (Å²) in [6, 6.07) is 70.1. The van der Waals surface area contributed by atoms with Gasteiger partial charge in [-0.1, -0.05) is 172 Å². The zero-order valence-corrected chi connectivity index (χ0v) is 29.8. The van der Waals surface area contributed by atoms with Gasteiger partial charge in [-0.05, 0) is 103 Å². The zero-order chi connectivity index (χ0) is 35.3. The minimum absolute atomic E-state index is 0.114. The predicted molar refractivity (Wildman–Crippen MR) is 220 cm³/mol. The van der Waals surface area contributed by atoms with E-state index in [9.17, 15) is 0 Å². The molecule has 8 aromatic carbocycles. The molecule has 3 aliphatic carbocycles. The predicted octanol–water partition coefficient (Wildman–Crippen LogP) is 13.5. The maximum atomic E-state index is 2.51. The van der Waals surface area contributed by atoms with Crippen molar-refractivity contribution in [2.45, 2.75) is 24.7 Å². The highest BCUT2D eigenvalue weighted by molar-refractivity contribution is 6.01. The second-order valence-corrected chi connectivity index (χ2v) is 15.2. The Morgan fingerprint density at radius 1 is 0.340 bits per heavy atom. The van der Waals surface area contributed by atoms with E-state index in [2.05, 4.69) is 207 Å². The number of rotatable bonds is 4. The number of fused-ring (bicyclic) bond motifs is 13. The second kappa shape index (κ2) is 11.0. The normalized spacial score (nSPS) is 14.5. The van der Waals surface area contributed by atoms with Gasteiger partial charge in [-0.3, -0.25) is 0 Å². The third kappa shape index (κ3) is 4.02. The lowest BCUT2D eigenvalue weighted by Gasteiger charge is -2.32. The third-order valence-corrected chi connectivity index (χ3v) is 12.3. The Labute approximate surface area is 311 Å². The molecule has 0 N–H and O–H groups in total. The molecule has 0 aliphatic heterocycles. The first-order valence-corrected chi connectivity index (χ1v) is 18.7. The van der Waals surface area contributed by atoms with Crippen molar-refractivity contribution in [3.05, 3.63) is 221 Å². The lowest BCUT2D eigenvalue weighted by Crippen LogP contribution is -2.26. The molecule has 11 rings (SSSR count). The van der Waals surface area contributed by atoms with Crippen LogP contribution in [0.25, 0.3) is 44.5 Å². The van der Waals surface area contributed by atoms with Gasteiger partial charge in [0.2, 0.25) is 0 Å². The van der Waals surface area contributed by atoms with Gasteiger partial charge in [0.1, 0.15) is 0 Å². The van der Waals surface area contributed by atoms with Gasteiger partial charge in [-0.2, -0.15) is 0 Å². The molecule has 250 valence electrons. The van der Waals surface area contributed by atoms with Crippen molar-refractivity contribution in [2.24, 2.45) is 0 Å². The largest absolute Gasteiger partial charge is 0.310 e. The van der Waals surface area contributed by atoms with Crippen LogP contribution < -0.4 is 4.90 Å². The number of hydrogen-bond acceptors (Lipinski definition) is 1. The van der Waals surface area contributed by atoms with Crippen LogP contribution in [0.2, 0.25) is 0 Å². The molecule has 0 radical (unpaired) electrons. The summed E-state index contributed by atoms with van der Waals surface area (Å²) in [7, 11) is 0. The summed E-state index contributed by atoms with van der Waals surface area (Å²) >= 11 is 0. The summed E-state index contributed by atoms with van der Waals surface area (Å²) in [5.74, 6) is 0. The maximum absolute atomic E-state index is 2.51. The van der Waals surface area contributed by atoms with E-state index < -0.39 is 5.41 Å². The van der Waals surface area contributed by atoms with Crippen molar-refractivity contribution in [1.82, 2.24) is 0 Å². The number of anilines is 3. The summed E-state index contributed by atoms with van der Waals surface area (Å²) in [6.45, 7) is 4.74. The van der Waals surface area contributed by atoms with Crippen LogP contribution in [0.4, 0.5) is 17.1 Å². The van der Waals surface area contributed by atoms with Crippen LogP contribution in [0.15, 0.2) is 188 Å². The Morgan fingerprint density at radius 2 is 0.811 bits per heavy atom. The summed E-state index contributed by atoms with van der Waals surface area (Å²) in [6.07, 6.45) is 0. The lowest BCUT2D eigenvalue weighted by atomic mass is 9.70. The first-order valence-electron chi connectivity index (χ1n) is 18.7. The Bertz CT molecular complexity index is 2710. The van der Waals surface area contributed by atoms with Gasteiger partial charge >= 0.3 is 0 Å². The smallest absolute Gasteiger partial charge is 0.0726 e. The van der Waals surface area contributed by atoms with Crippen molar-refractivity contribution >= 4 is 17.1 Å². The number of hydrogen-bond donors (Lipinski definition) is 0. The molecular weight excluding hydrogens is 639 g/mol. The first-order chi connectivity index (χ1) is 26.1. The van der Waals surface area contributed by atoms with Crippen LogP contribution in [-0.2, 0) is 10.8 Å². The Hall–Kier alpha value is -6.44. The lowest BCUT2D eigenvalue weighted by molar-refractivity contribution is 0.660. The average Bonchev–Trinajstić information content (AvgIpc) is 3.78. The van der Waals surface area contributed by atoms with E-state index in [0.717, 1.165) is 11.4 Å². The van der Waals surface area contributed by atoms with E-state index in [1.165, 1.54) is 83.6 Å². The van der Waals surface area contributed by atoms with Crippen LogP contribution in [0.5, 0.6) is 0 Å². The molecule has 53 heavy (non-hydrogen) atoms. The second-order valence-electron chi connectivity index (χ2n) is 15.2. The van der Waals surface area contributed by atoms with Crippen LogP contribution >= 0.6 is 0 Å². The van der Waals surface area contributed by atoms with Crippen LogP contribution in [-0.4, -0.2) is 0 Å². The highest BCUT2D eigenvalue weighted by Gasteiger charge is 2.52. The fourth-order valence-corrected chi connectivity index (χ4v) is 10.0. The average molecular weight is 676 g/mol. The monoisotopic (exact) mass is 675 g/mol. The van der Waals surface area contributed by atoms with Gasteiger partial charge < -0.3 is 4.90 Å². The molecule has 3 aliphatic rings. The van der Waals surface area contributed by atoms with Crippen molar-refractivity contribution in [2.75, 3.05) is 4.90 Å². The van der Waals surface area contributed by atoms with Gasteiger partial charge in [0.05, 0.1) is 11.1 Å². The molecule has 0 aromatic heterocycles. The van der Waals surface area contributed by atoms with Gasteiger partial charge in [0.25, 0.3) is 0 Å². The quantitative estimate of drug-likeness (QED) is 0.179. The Morgan fingerprint density at radius 3 is 1.47 bits per heavy atom. The van der Waals surface area contributed by atoms with E-state index in [1.807, 2.05) is 0 Å². The molecule has 0 saturated carbocycles. The molecule has 1 nitrogen and oxygen atoms in total. The van der Waals surface area contributed by atoms with Crippen molar-refractivity contribution < 1.29 is 0 Å². The van der Waals surface area contributed by atoms with Crippen LogP contribution in [0, 0.1) is 0 Å². The van der Waals surface area contributed by atoms with E-state index in [0.29, 0.717) is 0 Å². The number of nitrogens with zero attached hydrogens (tertiary/aromatic N) is 1. The minimum Gasteiger partial charge on any atom is -0.310 e. The molecule has 0 fully saturated rings. The summed E-state index contributed by atoms with van der Waals surface area (Å²) < 4.78 is 0. The number of benzene rings is 8. The molecule has 0 unspecified atom stereocenters. The van der Waals surface area contributed by atoms with Gasteiger partial charge in [0, 0.05) is 22.4 Å². The fourth-order valence-electron chi connectivity index (χ4n) is 10.0. The molecule has 8 aromatic rings. The molecule has 0 amide bonds. The molecule has 1 heteroatoms. The first kappa shape index (κ1) is 30.2. The van der Waals surface area contributed by atoms with Crippen molar-refractivity contribution in [1.29, 1.82) is 0 Å². The van der Waals surface area contributed by atoms with E-state index >= 15 is 0 Å². The van der Waals surface area contributed by atoms with Crippen molar-refractivity contribution in [3.8, 4) is 44.5 Å². The van der Waals surface area contributed by atoms with E-state index in [4.69, 9.17) is 0 Å². The van der Waals surface area contributed by atoms with Gasteiger partial charge in [-0.25, -0.2) is 0 Å². The highest BCUT2D eigenvalue weighted by Crippen LogP contribution is 2.64. The molecule has 0 heterocycles.